The van der Waals surface area contributed by atoms with Gasteiger partial charge in [0.2, 0.25) is 0 Å². The predicted octanol–water partition coefficient (Wildman–Crippen LogP) is -0.655. The summed E-state index contributed by atoms with van der Waals surface area (Å²) in [5.41, 5.74) is 0. The van der Waals surface area contributed by atoms with E-state index in [0.717, 1.165) is 13.2 Å². The Bertz CT molecular complexity index is 26.3. The molecule has 0 saturated carbocycles. The molecule has 2 nitrogen and oxygen atoms in total. The number of hydrogen-bond donors (Lipinski definition) is 1. The fourth-order valence-electron chi connectivity index (χ4n) is 0.365. The minimum atomic E-state index is 0.757. The molecule has 0 aromatic carbocycles. The van der Waals surface area contributed by atoms with Gasteiger partial charge in [0.25, 0.3) is 0 Å². The molecule has 0 unspecified atom stereocenters. The first kappa shape index (κ1) is 4.15. The monoisotopic (exact) mass is 83.1 g/mol. The lowest BCUT2D eigenvalue weighted by Gasteiger charge is -2.08. The third-order valence-electron chi connectivity index (χ3n) is 0.643. The molecule has 0 spiro atoms. The highest BCUT2D eigenvalue weighted by Gasteiger charge is 1.97. The summed E-state index contributed by atoms with van der Waals surface area (Å²) in [5, 5.41) is 2.88. The molecule has 0 amide bonds. The van der Waals surface area contributed by atoms with Gasteiger partial charge in [-0.3, -0.25) is 0 Å². The lowest BCUT2D eigenvalue weighted by Crippen LogP contribution is -2.30. The van der Waals surface area contributed by atoms with E-state index in [1.54, 1.807) is 7.62 Å². The Morgan fingerprint density at radius 2 is 2.83 bits per heavy atom. The Labute approximate surface area is 38.2 Å². The van der Waals surface area contributed by atoms with Crippen LogP contribution in [0.15, 0.2) is 0 Å². The zero-order valence-corrected chi connectivity index (χ0v) is 3.48. The highest BCUT2D eigenvalue weighted by molar-refractivity contribution is 6.23. The van der Waals surface area contributed by atoms with Gasteiger partial charge in [-0.15, -0.1) is 0 Å². The standard InChI is InChI=1S/C3H6BNO/c1-2-5-4-6-3-1/h1,5H,2-3H2. The summed E-state index contributed by atoms with van der Waals surface area (Å²) >= 11 is 0. The predicted molar refractivity (Wildman–Crippen MR) is 24.0 cm³/mol. The van der Waals surface area contributed by atoms with Gasteiger partial charge in [-0.1, -0.05) is 0 Å². The maximum absolute atomic E-state index is 4.78. The van der Waals surface area contributed by atoms with Gasteiger partial charge in [0.15, 0.2) is 0 Å². The highest BCUT2D eigenvalue weighted by Crippen LogP contribution is 1.80. The van der Waals surface area contributed by atoms with Crippen molar-refractivity contribution in [2.75, 3.05) is 13.2 Å². The molecule has 1 aliphatic rings. The van der Waals surface area contributed by atoms with Crippen molar-refractivity contribution in [1.82, 2.24) is 5.23 Å². The van der Waals surface area contributed by atoms with Crippen LogP contribution in [0.3, 0.4) is 0 Å². The summed E-state index contributed by atoms with van der Waals surface area (Å²) in [6, 6.07) is 0. The third-order valence-corrected chi connectivity index (χ3v) is 0.643. The van der Waals surface area contributed by atoms with Crippen molar-refractivity contribution < 1.29 is 4.65 Å². The van der Waals surface area contributed by atoms with Crippen LogP contribution in [0.5, 0.6) is 0 Å². The van der Waals surface area contributed by atoms with E-state index in [1.807, 2.05) is 6.42 Å². The summed E-state index contributed by atoms with van der Waals surface area (Å²) < 4.78 is 4.78. The molecule has 6 heavy (non-hydrogen) atoms. The molecule has 1 fully saturated rings. The van der Waals surface area contributed by atoms with Crippen molar-refractivity contribution in [3.8, 4) is 0 Å². The lowest BCUT2D eigenvalue weighted by atomic mass is 10.2. The summed E-state index contributed by atoms with van der Waals surface area (Å²) in [6.45, 7) is 1.70. The summed E-state index contributed by atoms with van der Waals surface area (Å²) in [5.74, 6) is 0. The molecule has 1 saturated heterocycles. The number of nitrogens with one attached hydrogen (secondary N) is 1. The van der Waals surface area contributed by atoms with E-state index in [4.69, 9.17) is 4.65 Å². The van der Waals surface area contributed by atoms with Crippen LogP contribution in [-0.4, -0.2) is 20.8 Å². The van der Waals surface area contributed by atoms with Gasteiger partial charge in [-0.25, -0.2) is 0 Å². The molecular weight excluding hydrogens is 76.9 g/mol. The highest BCUT2D eigenvalue weighted by atomic mass is 16.4. The lowest BCUT2D eigenvalue weighted by molar-refractivity contribution is 0.341. The van der Waals surface area contributed by atoms with E-state index in [0.29, 0.717) is 0 Å². The van der Waals surface area contributed by atoms with Crippen LogP contribution in [0.2, 0.25) is 0 Å². The Hall–Kier alpha value is -0.0151. The Morgan fingerprint density at radius 1 is 1.83 bits per heavy atom. The largest absolute Gasteiger partial charge is 0.424 e. The van der Waals surface area contributed by atoms with Crippen LogP contribution in [0.25, 0.3) is 0 Å². The molecule has 3 heteroatoms. The Kier molecular flexibility index (Phi) is 1.53. The topological polar surface area (TPSA) is 21.3 Å². The van der Waals surface area contributed by atoms with Crippen molar-refractivity contribution in [2.45, 2.75) is 0 Å². The molecule has 0 aromatic heterocycles. The summed E-state index contributed by atoms with van der Waals surface area (Å²) in [4.78, 5) is 0. The number of rotatable bonds is 0. The fourth-order valence-corrected chi connectivity index (χ4v) is 0.365. The van der Waals surface area contributed by atoms with Crippen LogP contribution < -0.4 is 5.23 Å². The van der Waals surface area contributed by atoms with Gasteiger partial charge in [-0.2, -0.15) is 0 Å². The molecule has 2 radical (unpaired) electrons. The first-order valence-corrected chi connectivity index (χ1v) is 1.98. The second kappa shape index (κ2) is 2.21. The first-order valence-electron chi connectivity index (χ1n) is 1.98. The molecule has 0 atom stereocenters. The average Bonchev–Trinajstić information content (AvgIpc) is 1.72. The van der Waals surface area contributed by atoms with Crippen molar-refractivity contribution in [2.24, 2.45) is 0 Å². The first-order chi connectivity index (χ1) is 3.00. The second-order valence-corrected chi connectivity index (χ2v) is 1.15. The van der Waals surface area contributed by atoms with E-state index in [2.05, 4.69) is 5.23 Å². The Balaban J connectivity index is 2.00. The molecule has 0 aliphatic carbocycles. The van der Waals surface area contributed by atoms with E-state index in [9.17, 15) is 0 Å². The zero-order chi connectivity index (χ0) is 4.24. The van der Waals surface area contributed by atoms with Gasteiger partial charge < -0.3 is 9.88 Å². The quantitative estimate of drug-likeness (QED) is 0.392. The fraction of sp³-hybridized carbons (Fsp3) is 0.667. The molecule has 1 heterocycles. The van der Waals surface area contributed by atoms with Crippen molar-refractivity contribution in [3.63, 3.8) is 0 Å². The van der Waals surface area contributed by atoms with Crippen LogP contribution in [0, 0.1) is 6.42 Å². The molecular formula is C3H6BNO. The normalized spacial score (nSPS) is 22.7. The maximum atomic E-state index is 4.78. The van der Waals surface area contributed by atoms with Crippen molar-refractivity contribution in [3.05, 3.63) is 6.42 Å². The molecule has 1 N–H and O–H groups in total. The van der Waals surface area contributed by atoms with Crippen molar-refractivity contribution in [1.29, 1.82) is 0 Å². The summed E-state index contributed by atoms with van der Waals surface area (Å²) in [7, 11) is 1.61. The van der Waals surface area contributed by atoms with Crippen LogP contribution in [0.1, 0.15) is 0 Å². The minimum absolute atomic E-state index is 0.757. The van der Waals surface area contributed by atoms with Gasteiger partial charge in [0.05, 0.1) is 0 Å². The van der Waals surface area contributed by atoms with Gasteiger partial charge in [0.1, 0.15) is 0 Å². The van der Waals surface area contributed by atoms with Gasteiger partial charge in [0, 0.05) is 6.61 Å². The molecule has 0 bridgehead atoms. The summed E-state index contributed by atoms with van der Waals surface area (Å²) in [6.07, 6.45) is 2.03. The molecule has 1 aliphatic heterocycles. The van der Waals surface area contributed by atoms with E-state index in [1.165, 1.54) is 0 Å². The molecule has 32 valence electrons. The maximum Gasteiger partial charge on any atom is 0.395 e. The second-order valence-electron chi connectivity index (χ2n) is 1.15. The number of hydrogen-bond acceptors (Lipinski definition) is 2. The Morgan fingerprint density at radius 3 is 3.00 bits per heavy atom. The minimum Gasteiger partial charge on any atom is -0.424 e. The van der Waals surface area contributed by atoms with Crippen molar-refractivity contribution >= 4 is 7.62 Å². The van der Waals surface area contributed by atoms with Crippen LogP contribution >= 0.6 is 0 Å². The van der Waals surface area contributed by atoms with Gasteiger partial charge >= 0.3 is 7.62 Å². The average molecular weight is 82.9 g/mol. The molecule has 0 aromatic rings. The van der Waals surface area contributed by atoms with Gasteiger partial charge in [-0.05, 0) is 13.0 Å². The van der Waals surface area contributed by atoms with Crippen LogP contribution in [0.4, 0.5) is 0 Å². The van der Waals surface area contributed by atoms with E-state index in [-0.39, 0.29) is 0 Å². The molecule has 1 rings (SSSR count). The third kappa shape index (κ3) is 0.991. The smallest absolute Gasteiger partial charge is 0.395 e. The zero-order valence-electron chi connectivity index (χ0n) is 3.48. The van der Waals surface area contributed by atoms with E-state index >= 15 is 0 Å². The SMILES string of the molecule is [B]1NC[CH]CO1. The van der Waals surface area contributed by atoms with E-state index < -0.39 is 0 Å². The van der Waals surface area contributed by atoms with Crippen LogP contribution in [-0.2, 0) is 4.65 Å².